The number of aliphatic carboxylic acids is 1. The third-order valence-electron chi connectivity index (χ3n) is 1.79. The highest BCUT2D eigenvalue weighted by atomic mass is 32.2. The fraction of sp³-hybridized carbons (Fsp3) is 0.571. The molecule has 0 saturated heterocycles. The van der Waals surface area contributed by atoms with Gasteiger partial charge in [-0.1, -0.05) is 0 Å². The Kier molecular flexibility index (Phi) is 3.60. The second-order valence-electron chi connectivity index (χ2n) is 3.24. The molecule has 0 aromatic carbocycles. The van der Waals surface area contributed by atoms with Crippen LogP contribution in [0.2, 0.25) is 0 Å². The number of carboxylic acid groups (broad SMARTS) is 1. The zero-order valence-corrected chi connectivity index (χ0v) is 9.65. The Morgan fingerprint density at radius 2 is 2.19 bits per heavy atom. The molecular formula is C7H12N4O4S. The van der Waals surface area contributed by atoms with Crippen LogP contribution in [0.4, 0.5) is 0 Å². The van der Waals surface area contributed by atoms with Crippen LogP contribution < -0.4 is 0 Å². The van der Waals surface area contributed by atoms with Crippen LogP contribution in [-0.2, 0) is 21.4 Å². The molecule has 0 aliphatic rings. The fourth-order valence-electron chi connectivity index (χ4n) is 1.02. The maximum absolute atomic E-state index is 11.4. The first-order chi connectivity index (χ1) is 7.31. The molecule has 0 atom stereocenters. The molecule has 0 fully saturated rings. The normalized spacial score (nSPS) is 11.9. The molecule has 0 aliphatic heterocycles. The van der Waals surface area contributed by atoms with Crippen molar-refractivity contribution in [3.8, 4) is 0 Å². The average Bonchev–Trinajstić information content (AvgIpc) is 2.48. The number of hydrogen-bond acceptors (Lipinski definition) is 5. The lowest BCUT2D eigenvalue weighted by atomic mass is 10.6. The first-order valence-electron chi connectivity index (χ1n) is 4.35. The topological polar surface area (TPSA) is 116 Å². The van der Waals surface area contributed by atoms with Crippen LogP contribution in [0.1, 0.15) is 11.6 Å². The van der Waals surface area contributed by atoms with E-state index in [1.807, 2.05) is 0 Å². The van der Waals surface area contributed by atoms with Gasteiger partial charge in [-0.05, 0) is 6.92 Å². The third kappa shape index (κ3) is 3.28. The minimum atomic E-state index is -3.81. The number of carboxylic acids is 1. The van der Waals surface area contributed by atoms with Crippen LogP contribution in [0, 0.1) is 6.92 Å². The van der Waals surface area contributed by atoms with Crippen molar-refractivity contribution in [2.45, 2.75) is 13.5 Å². The van der Waals surface area contributed by atoms with E-state index < -0.39 is 21.7 Å². The summed E-state index contributed by atoms with van der Waals surface area (Å²) in [5.74, 6) is -1.46. The molecule has 1 aromatic heterocycles. The summed E-state index contributed by atoms with van der Waals surface area (Å²) in [6.07, 6.45) is 0. The minimum absolute atomic E-state index is 0.0556. The van der Waals surface area contributed by atoms with E-state index in [1.54, 1.807) is 6.92 Å². The number of sulfonamides is 1. The summed E-state index contributed by atoms with van der Waals surface area (Å²) in [5.41, 5.74) is 0. The van der Waals surface area contributed by atoms with Crippen molar-refractivity contribution in [3.63, 3.8) is 0 Å². The molecule has 0 saturated carbocycles. The van der Waals surface area contributed by atoms with Crippen molar-refractivity contribution < 1.29 is 18.3 Å². The zero-order valence-electron chi connectivity index (χ0n) is 8.84. The van der Waals surface area contributed by atoms with Gasteiger partial charge >= 0.3 is 5.97 Å². The molecule has 1 rings (SSSR count). The Bertz CT molecular complexity index is 480. The Labute approximate surface area is 92.3 Å². The molecule has 1 heterocycles. The standard InChI is InChI=1S/C7H12N4O4S/c1-5-8-6(10-9-5)3-11(2)16(14,15)4-7(12)13/h3-4H2,1-2H3,(H,12,13)(H,8,9,10). The molecule has 0 amide bonds. The van der Waals surface area contributed by atoms with E-state index in [4.69, 9.17) is 5.11 Å². The largest absolute Gasteiger partial charge is 0.480 e. The molecule has 0 unspecified atom stereocenters. The van der Waals surface area contributed by atoms with Crippen LogP contribution >= 0.6 is 0 Å². The maximum atomic E-state index is 11.4. The van der Waals surface area contributed by atoms with Crippen LogP contribution in [0.3, 0.4) is 0 Å². The summed E-state index contributed by atoms with van der Waals surface area (Å²) in [7, 11) is -2.53. The van der Waals surface area contributed by atoms with Gasteiger partial charge in [-0.2, -0.15) is 9.40 Å². The van der Waals surface area contributed by atoms with Crippen molar-refractivity contribution in [1.29, 1.82) is 0 Å². The molecule has 0 radical (unpaired) electrons. The van der Waals surface area contributed by atoms with E-state index >= 15 is 0 Å². The Morgan fingerprint density at radius 3 is 2.62 bits per heavy atom. The van der Waals surface area contributed by atoms with Gasteiger partial charge in [0.2, 0.25) is 10.0 Å². The molecule has 1 aromatic rings. The van der Waals surface area contributed by atoms with Gasteiger partial charge in [0, 0.05) is 7.05 Å². The van der Waals surface area contributed by atoms with Crippen molar-refractivity contribution in [3.05, 3.63) is 11.6 Å². The van der Waals surface area contributed by atoms with Gasteiger partial charge in [0.15, 0.2) is 11.6 Å². The average molecular weight is 248 g/mol. The van der Waals surface area contributed by atoms with Gasteiger partial charge in [0.05, 0.1) is 6.54 Å². The first-order valence-corrected chi connectivity index (χ1v) is 5.96. The van der Waals surface area contributed by atoms with Crippen molar-refractivity contribution in [2.24, 2.45) is 0 Å². The third-order valence-corrected chi connectivity index (χ3v) is 3.48. The molecule has 0 aliphatic carbocycles. The van der Waals surface area contributed by atoms with E-state index in [2.05, 4.69) is 15.2 Å². The van der Waals surface area contributed by atoms with Crippen LogP contribution in [0.5, 0.6) is 0 Å². The lowest BCUT2D eigenvalue weighted by molar-refractivity contribution is -0.134. The van der Waals surface area contributed by atoms with Gasteiger partial charge < -0.3 is 5.11 Å². The van der Waals surface area contributed by atoms with Gasteiger partial charge in [0.25, 0.3) is 0 Å². The highest BCUT2D eigenvalue weighted by molar-refractivity contribution is 7.89. The summed E-state index contributed by atoms with van der Waals surface area (Å²) in [6.45, 7) is 1.63. The Balaban J connectivity index is 2.72. The SMILES string of the molecule is Cc1nc(CN(C)S(=O)(=O)CC(=O)O)n[nH]1. The van der Waals surface area contributed by atoms with E-state index in [9.17, 15) is 13.2 Å². The summed E-state index contributed by atoms with van der Waals surface area (Å²) >= 11 is 0. The Morgan fingerprint density at radius 1 is 1.56 bits per heavy atom. The molecule has 2 N–H and O–H groups in total. The van der Waals surface area contributed by atoms with E-state index in [0.29, 0.717) is 11.6 Å². The second-order valence-corrected chi connectivity index (χ2v) is 5.32. The van der Waals surface area contributed by atoms with Crippen molar-refractivity contribution in [2.75, 3.05) is 12.8 Å². The number of rotatable bonds is 5. The lowest BCUT2D eigenvalue weighted by Gasteiger charge is -2.13. The van der Waals surface area contributed by atoms with E-state index in [0.717, 1.165) is 4.31 Å². The summed E-state index contributed by atoms with van der Waals surface area (Å²) in [4.78, 5) is 14.3. The van der Waals surface area contributed by atoms with E-state index in [-0.39, 0.29) is 6.54 Å². The number of aromatic amines is 1. The number of nitrogens with zero attached hydrogens (tertiary/aromatic N) is 3. The molecule has 16 heavy (non-hydrogen) atoms. The highest BCUT2D eigenvalue weighted by Gasteiger charge is 2.22. The number of H-pyrrole nitrogens is 1. The second kappa shape index (κ2) is 4.58. The van der Waals surface area contributed by atoms with Crippen molar-refractivity contribution >= 4 is 16.0 Å². The fourth-order valence-corrected chi connectivity index (χ4v) is 1.87. The van der Waals surface area contributed by atoms with Crippen LogP contribution in [0.25, 0.3) is 0 Å². The van der Waals surface area contributed by atoms with Gasteiger partial charge in [-0.25, -0.2) is 13.4 Å². The predicted molar refractivity (Wildman–Crippen MR) is 54.0 cm³/mol. The summed E-state index contributed by atoms with van der Waals surface area (Å²) in [5, 5.41) is 14.8. The van der Waals surface area contributed by atoms with Crippen LogP contribution in [-0.4, -0.2) is 51.8 Å². The summed E-state index contributed by atoms with van der Waals surface area (Å²) < 4.78 is 23.8. The Hall–Kier alpha value is -1.48. The first kappa shape index (κ1) is 12.6. The van der Waals surface area contributed by atoms with Crippen LogP contribution in [0.15, 0.2) is 0 Å². The number of hydrogen-bond donors (Lipinski definition) is 2. The lowest BCUT2D eigenvalue weighted by Crippen LogP contribution is -2.32. The van der Waals surface area contributed by atoms with Gasteiger partial charge in [-0.3, -0.25) is 9.89 Å². The van der Waals surface area contributed by atoms with Gasteiger partial charge in [0.1, 0.15) is 5.82 Å². The predicted octanol–water partition coefficient (Wildman–Crippen LogP) is -1.04. The number of aromatic nitrogens is 3. The number of nitrogens with one attached hydrogen (secondary N) is 1. The van der Waals surface area contributed by atoms with E-state index in [1.165, 1.54) is 7.05 Å². The quantitative estimate of drug-likeness (QED) is 0.687. The molecular weight excluding hydrogens is 236 g/mol. The monoisotopic (exact) mass is 248 g/mol. The smallest absolute Gasteiger partial charge is 0.320 e. The molecule has 8 nitrogen and oxygen atoms in total. The molecule has 9 heteroatoms. The zero-order chi connectivity index (χ0) is 12.3. The number of carbonyl (C=O) groups is 1. The highest BCUT2D eigenvalue weighted by Crippen LogP contribution is 2.03. The minimum Gasteiger partial charge on any atom is -0.480 e. The number of aryl methyl sites for hydroxylation is 1. The molecule has 0 bridgehead atoms. The maximum Gasteiger partial charge on any atom is 0.320 e. The molecule has 0 spiro atoms. The molecule has 90 valence electrons. The van der Waals surface area contributed by atoms with Crippen molar-refractivity contribution in [1.82, 2.24) is 19.5 Å². The van der Waals surface area contributed by atoms with Gasteiger partial charge in [-0.15, -0.1) is 0 Å². The summed E-state index contributed by atoms with van der Waals surface area (Å²) in [6, 6.07) is 0.